The summed E-state index contributed by atoms with van der Waals surface area (Å²) in [6, 6.07) is 8.39. The van der Waals surface area contributed by atoms with Gasteiger partial charge in [0.25, 0.3) is 5.97 Å². The van der Waals surface area contributed by atoms with E-state index in [4.69, 9.17) is 9.90 Å². The lowest BCUT2D eigenvalue weighted by atomic mass is 9.49. The van der Waals surface area contributed by atoms with Gasteiger partial charge < -0.3 is 46.1 Å². The standard InChI is InChI=1S/2C25H40N2O2.C2H4O2.ClH/c1-24(2)10-9-20-21(15-26-14-18-5-4-12-27-18)23(7-6-22(20)24)25(3)11-8-19(29)13-17(25)16-28;1-17-6-7-22-21(15-26-14-19-5-4-12-27-19)23(9-11-24(17,22)2)25(3)10-8-20(29)13-18(25)16-28;1-2(3)4;/h4-5,12,17,19,21,23,26-29H,6-11,13-16H2,1-3H3;4-5,12,18,20-23,26-29H,1,6-11,13-16H2,2-3H3;1H3,(H,3,4);1H/t17-,19+,21+,23+,25+;18-,20+,21+,22+,23+,24-,25+;;/m11../s1. The van der Waals surface area contributed by atoms with Crippen LogP contribution in [0.3, 0.4) is 0 Å². The van der Waals surface area contributed by atoms with Crippen LogP contribution in [-0.4, -0.2) is 80.0 Å². The minimum atomic E-state index is -0.833. The van der Waals surface area contributed by atoms with E-state index in [9.17, 15) is 20.4 Å². The van der Waals surface area contributed by atoms with Crippen LogP contribution in [0.5, 0.6) is 0 Å². The molecule has 356 valence electrons. The summed E-state index contributed by atoms with van der Waals surface area (Å²) >= 11 is 0. The lowest BCUT2D eigenvalue weighted by molar-refractivity contribution is -0.134. The summed E-state index contributed by atoms with van der Waals surface area (Å²) in [5.74, 6) is 2.56. The van der Waals surface area contributed by atoms with E-state index in [1.807, 2.05) is 12.4 Å². The molecule has 6 aliphatic carbocycles. The lowest BCUT2D eigenvalue weighted by Gasteiger charge is -2.56. The topological polar surface area (TPSA) is 174 Å². The zero-order chi connectivity index (χ0) is 44.9. The Morgan fingerprint density at radius 2 is 1.25 bits per heavy atom. The molecule has 11 heteroatoms. The minimum absolute atomic E-state index is 0. The van der Waals surface area contributed by atoms with Crippen LogP contribution in [0.25, 0.3) is 0 Å². The number of fused-ring (bicyclic) bond motifs is 1. The molecule has 0 aromatic carbocycles. The molecule has 0 bridgehead atoms. The highest BCUT2D eigenvalue weighted by molar-refractivity contribution is 5.85. The normalized spacial score (nSPS) is 37.1. The molecular weight excluding hydrogens is 812 g/mol. The summed E-state index contributed by atoms with van der Waals surface area (Å²) in [5, 5.41) is 55.8. The molecule has 0 radical (unpaired) electrons. The quantitative estimate of drug-likeness (QED) is 0.0949. The van der Waals surface area contributed by atoms with Crippen molar-refractivity contribution in [1.82, 2.24) is 20.6 Å². The van der Waals surface area contributed by atoms with Crippen LogP contribution in [0.2, 0.25) is 0 Å². The summed E-state index contributed by atoms with van der Waals surface area (Å²) < 4.78 is 0. The van der Waals surface area contributed by atoms with Crippen LogP contribution in [-0.2, 0) is 17.9 Å². The third kappa shape index (κ3) is 11.4. The fourth-order valence-electron chi connectivity index (χ4n) is 14.2. The van der Waals surface area contributed by atoms with Gasteiger partial charge in [0.1, 0.15) is 0 Å². The second kappa shape index (κ2) is 21.9. The van der Waals surface area contributed by atoms with Gasteiger partial charge in [-0.3, -0.25) is 4.79 Å². The van der Waals surface area contributed by atoms with Crippen molar-refractivity contribution in [2.45, 2.75) is 157 Å². The first-order chi connectivity index (χ1) is 29.5. The Bertz CT molecular complexity index is 1780. The molecule has 12 atom stereocenters. The molecule has 2 heterocycles. The number of carboxylic acid groups (broad SMARTS) is 1. The van der Waals surface area contributed by atoms with E-state index < -0.39 is 5.97 Å². The van der Waals surface area contributed by atoms with Crippen LogP contribution in [0, 0.1) is 63.1 Å². The van der Waals surface area contributed by atoms with Crippen molar-refractivity contribution in [1.29, 1.82) is 0 Å². The van der Waals surface area contributed by atoms with Crippen molar-refractivity contribution in [2.75, 3.05) is 26.3 Å². The molecule has 0 saturated heterocycles. The predicted octanol–water partition coefficient (Wildman–Crippen LogP) is 9.18. The fraction of sp³-hybridized carbons (Fsp3) is 0.750. The van der Waals surface area contributed by atoms with Crippen molar-refractivity contribution < 1.29 is 30.3 Å². The van der Waals surface area contributed by atoms with Crippen molar-refractivity contribution in [3.63, 3.8) is 0 Å². The van der Waals surface area contributed by atoms with Crippen molar-refractivity contribution >= 4 is 18.4 Å². The average molecular weight is 898 g/mol. The molecule has 0 unspecified atom stereocenters. The molecule has 9 N–H and O–H groups in total. The summed E-state index contributed by atoms with van der Waals surface area (Å²) in [6.07, 6.45) is 18.6. The number of rotatable bonds is 12. The van der Waals surface area contributed by atoms with Crippen LogP contribution in [0.4, 0.5) is 0 Å². The van der Waals surface area contributed by atoms with Crippen molar-refractivity contribution in [2.24, 2.45) is 63.1 Å². The Kier molecular flexibility index (Phi) is 17.9. The molecule has 63 heavy (non-hydrogen) atoms. The van der Waals surface area contributed by atoms with Gasteiger partial charge >= 0.3 is 0 Å². The zero-order valence-corrected chi connectivity index (χ0v) is 40.4. The highest BCUT2D eigenvalue weighted by Gasteiger charge is 2.57. The number of aromatic nitrogens is 2. The monoisotopic (exact) mass is 897 g/mol. The number of aliphatic carboxylic acids is 1. The van der Waals surface area contributed by atoms with Crippen molar-refractivity contribution in [3.05, 3.63) is 71.3 Å². The van der Waals surface area contributed by atoms with E-state index in [0.717, 1.165) is 71.6 Å². The number of H-pyrrole nitrogens is 2. The Morgan fingerprint density at radius 1 is 0.730 bits per heavy atom. The second-order valence-electron chi connectivity index (χ2n) is 21.9. The number of carbonyl (C=O) groups is 1. The van der Waals surface area contributed by atoms with Crippen LogP contribution in [0.15, 0.2) is 60.0 Å². The Balaban J connectivity index is 0.000000216. The number of aliphatic hydroxyl groups is 4. The highest BCUT2D eigenvalue weighted by atomic mass is 35.5. The van der Waals surface area contributed by atoms with Crippen LogP contribution >= 0.6 is 12.4 Å². The maximum atomic E-state index is 10.2. The number of halogens is 1. The number of carboxylic acids is 1. The SMILES string of the molecule is C=C1CC[C@H]2[C@H](CNCc3ccc[nH]3)[C@@H]([C@@]3(C)CC[C@H](O)C[C@@H]3CO)CC[C@]12C.CC(=O)O.CC1(C)CCC2=C1CC[C@H]([C@@]1(C)CC[C@H](O)C[C@@H]1CO)[C@H]2CNCc1ccc[nH]1.Cl. The number of hydrogen-bond acceptors (Lipinski definition) is 7. The van der Waals surface area contributed by atoms with E-state index in [1.165, 1.54) is 68.3 Å². The van der Waals surface area contributed by atoms with Crippen LogP contribution < -0.4 is 10.6 Å². The number of nitrogens with one attached hydrogen (secondary N) is 4. The first kappa shape index (κ1) is 51.5. The molecule has 0 spiro atoms. The number of hydrogen-bond donors (Lipinski definition) is 9. The third-order valence-corrected chi connectivity index (χ3v) is 18.1. The van der Waals surface area contributed by atoms with Gasteiger partial charge in [-0.25, -0.2) is 0 Å². The van der Waals surface area contributed by atoms with Crippen molar-refractivity contribution in [3.8, 4) is 0 Å². The van der Waals surface area contributed by atoms with E-state index in [0.29, 0.717) is 35.0 Å². The van der Waals surface area contributed by atoms with Gasteiger partial charge in [-0.2, -0.15) is 0 Å². The largest absolute Gasteiger partial charge is 0.481 e. The van der Waals surface area contributed by atoms with Gasteiger partial charge in [-0.1, -0.05) is 57.9 Å². The number of aliphatic hydroxyl groups excluding tert-OH is 4. The van der Waals surface area contributed by atoms with Gasteiger partial charge in [-0.15, -0.1) is 12.4 Å². The minimum Gasteiger partial charge on any atom is -0.481 e. The average Bonchev–Trinajstić information content (AvgIpc) is 4.06. The molecule has 2 aromatic rings. The Hall–Kier alpha value is -2.44. The predicted molar refractivity (Wildman–Crippen MR) is 255 cm³/mol. The van der Waals surface area contributed by atoms with Gasteiger partial charge in [0, 0.05) is 63.6 Å². The Morgan fingerprint density at radius 3 is 1.78 bits per heavy atom. The smallest absolute Gasteiger partial charge is 0.300 e. The maximum absolute atomic E-state index is 10.2. The van der Waals surface area contributed by atoms with Gasteiger partial charge in [0.15, 0.2) is 0 Å². The summed E-state index contributed by atoms with van der Waals surface area (Å²) in [7, 11) is 0. The third-order valence-electron chi connectivity index (χ3n) is 18.1. The first-order valence-corrected chi connectivity index (χ1v) is 24.3. The first-order valence-electron chi connectivity index (χ1n) is 24.3. The molecule has 0 amide bonds. The molecule has 6 aliphatic rings. The molecule has 10 nitrogen and oxygen atoms in total. The van der Waals surface area contributed by atoms with E-state index in [1.54, 1.807) is 11.1 Å². The lowest BCUT2D eigenvalue weighted by Crippen LogP contribution is -2.53. The summed E-state index contributed by atoms with van der Waals surface area (Å²) in [4.78, 5) is 15.6. The fourth-order valence-corrected chi connectivity index (χ4v) is 14.2. The summed E-state index contributed by atoms with van der Waals surface area (Å²) in [6.45, 7) is 21.8. The number of aromatic amines is 2. The van der Waals surface area contributed by atoms with E-state index >= 15 is 0 Å². The zero-order valence-electron chi connectivity index (χ0n) is 39.6. The maximum Gasteiger partial charge on any atom is 0.300 e. The Labute approximate surface area is 385 Å². The van der Waals surface area contributed by atoms with E-state index in [-0.39, 0.29) is 65.9 Å². The highest BCUT2D eigenvalue weighted by Crippen LogP contribution is 2.64. The van der Waals surface area contributed by atoms with Gasteiger partial charge in [0.2, 0.25) is 0 Å². The van der Waals surface area contributed by atoms with Crippen LogP contribution in [0.1, 0.15) is 143 Å². The molecule has 4 saturated carbocycles. The second-order valence-corrected chi connectivity index (χ2v) is 21.9. The van der Waals surface area contributed by atoms with Gasteiger partial charge in [-0.05, 0) is 184 Å². The molecular formula is C52H85ClN4O6. The summed E-state index contributed by atoms with van der Waals surface area (Å²) in [5.41, 5.74) is 8.20. The molecule has 0 aliphatic heterocycles. The molecule has 4 fully saturated rings. The van der Waals surface area contributed by atoms with E-state index in [2.05, 4.69) is 86.1 Å². The van der Waals surface area contributed by atoms with Gasteiger partial charge in [0.05, 0.1) is 12.2 Å². The molecule has 2 aromatic heterocycles. The molecule has 8 rings (SSSR count). The number of allylic oxidation sites excluding steroid dienone is 2.